The molecule has 0 aromatic carbocycles. The van der Waals surface area contributed by atoms with Gasteiger partial charge in [-0.25, -0.2) is 4.98 Å². The first kappa shape index (κ1) is 13.8. The van der Waals surface area contributed by atoms with Crippen molar-refractivity contribution < 1.29 is 9.53 Å². The average Bonchev–Trinajstić information content (AvgIpc) is 3.30. The van der Waals surface area contributed by atoms with Crippen molar-refractivity contribution in [2.24, 2.45) is 5.92 Å². The minimum atomic E-state index is -0.274. The van der Waals surface area contributed by atoms with Gasteiger partial charge in [-0.1, -0.05) is 11.6 Å². The summed E-state index contributed by atoms with van der Waals surface area (Å²) in [4.78, 5) is 20.1. The van der Waals surface area contributed by atoms with E-state index in [4.69, 9.17) is 16.3 Å². The summed E-state index contributed by atoms with van der Waals surface area (Å²) in [7, 11) is 0. The Labute approximate surface area is 127 Å². The lowest BCUT2D eigenvalue weighted by Crippen LogP contribution is -2.13. The number of hydrogen-bond acceptors (Lipinski definition) is 4. The predicted octanol–water partition coefficient (Wildman–Crippen LogP) is 3.17. The summed E-state index contributed by atoms with van der Waals surface area (Å²) in [6, 6.07) is 4.86. The van der Waals surface area contributed by atoms with Crippen molar-refractivity contribution in [3.8, 4) is 5.75 Å². The molecular weight excluding hydrogens is 290 g/mol. The molecule has 1 aliphatic rings. The van der Waals surface area contributed by atoms with Crippen LogP contribution in [-0.2, 0) is 0 Å². The van der Waals surface area contributed by atoms with Crippen LogP contribution in [0, 0.1) is 5.92 Å². The molecule has 1 aliphatic carbocycles. The fraction of sp³-hybridized carbons (Fsp3) is 0.267. The highest BCUT2D eigenvalue weighted by molar-refractivity contribution is 6.29. The molecular formula is C15H14ClN3O2. The number of ether oxygens (including phenoxy) is 1. The molecule has 1 saturated carbocycles. The number of hydrogen-bond donors (Lipinski definition) is 1. The lowest BCUT2D eigenvalue weighted by molar-refractivity contribution is 0.102. The van der Waals surface area contributed by atoms with E-state index in [0.29, 0.717) is 29.5 Å². The van der Waals surface area contributed by atoms with E-state index in [1.807, 2.05) is 0 Å². The highest BCUT2D eigenvalue weighted by Crippen LogP contribution is 2.31. The van der Waals surface area contributed by atoms with E-state index >= 15 is 0 Å². The Bertz CT molecular complexity index is 659. The van der Waals surface area contributed by atoms with Gasteiger partial charge in [0.2, 0.25) is 0 Å². The van der Waals surface area contributed by atoms with Gasteiger partial charge < -0.3 is 10.1 Å². The summed E-state index contributed by atoms with van der Waals surface area (Å²) in [5.74, 6) is 0.995. The molecule has 0 unspecified atom stereocenters. The van der Waals surface area contributed by atoms with Crippen LogP contribution in [0.4, 0.5) is 5.69 Å². The molecule has 1 amide bonds. The van der Waals surface area contributed by atoms with Crippen molar-refractivity contribution in [2.45, 2.75) is 12.8 Å². The zero-order chi connectivity index (χ0) is 14.7. The number of carbonyl (C=O) groups is 1. The molecule has 1 N–H and O–H groups in total. The summed E-state index contributed by atoms with van der Waals surface area (Å²) in [6.45, 7) is 0.675. The normalized spacial score (nSPS) is 13.8. The Hall–Kier alpha value is -2.14. The van der Waals surface area contributed by atoms with Gasteiger partial charge in [-0.15, -0.1) is 0 Å². The summed E-state index contributed by atoms with van der Waals surface area (Å²) in [5.41, 5.74) is 0.989. The number of aromatic nitrogens is 2. The first-order valence-electron chi connectivity index (χ1n) is 6.72. The average molecular weight is 304 g/mol. The first-order valence-corrected chi connectivity index (χ1v) is 7.10. The Kier molecular flexibility index (Phi) is 4.01. The Morgan fingerprint density at radius 2 is 2.24 bits per heavy atom. The fourth-order valence-corrected chi connectivity index (χ4v) is 2.01. The third-order valence-electron chi connectivity index (χ3n) is 3.19. The van der Waals surface area contributed by atoms with E-state index in [-0.39, 0.29) is 11.1 Å². The number of anilines is 1. The first-order chi connectivity index (χ1) is 10.2. The van der Waals surface area contributed by atoms with Crippen LogP contribution >= 0.6 is 11.6 Å². The highest BCUT2D eigenvalue weighted by atomic mass is 35.5. The van der Waals surface area contributed by atoms with Gasteiger partial charge in [0.1, 0.15) is 16.6 Å². The maximum Gasteiger partial charge on any atom is 0.255 e. The lowest BCUT2D eigenvalue weighted by atomic mass is 10.2. The smallest absolute Gasteiger partial charge is 0.255 e. The Morgan fingerprint density at radius 1 is 1.38 bits per heavy atom. The molecule has 2 aromatic heterocycles. The molecule has 1 fully saturated rings. The second-order valence-corrected chi connectivity index (χ2v) is 5.33. The molecule has 2 heterocycles. The van der Waals surface area contributed by atoms with Crippen molar-refractivity contribution in [3.05, 3.63) is 47.5 Å². The number of nitrogens with one attached hydrogen (secondary N) is 1. The number of carbonyl (C=O) groups excluding carboxylic acids is 1. The fourth-order valence-electron chi connectivity index (χ4n) is 1.83. The molecule has 0 aliphatic heterocycles. The molecule has 5 nitrogen and oxygen atoms in total. The molecule has 3 rings (SSSR count). The monoisotopic (exact) mass is 303 g/mol. The minimum Gasteiger partial charge on any atom is -0.491 e. The summed E-state index contributed by atoms with van der Waals surface area (Å²) in [5, 5.41) is 3.06. The van der Waals surface area contributed by atoms with Crippen molar-refractivity contribution in [2.75, 3.05) is 11.9 Å². The highest BCUT2D eigenvalue weighted by Gasteiger charge is 2.22. The topological polar surface area (TPSA) is 64.1 Å². The number of amides is 1. The number of nitrogens with zero attached hydrogens (tertiary/aromatic N) is 2. The van der Waals surface area contributed by atoms with Crippen LogP contribution < -0.4 is 10.1 Å². The summed E-state index contributed by atoms with van der Waals surface area (Å²) in [6.07, 6.45) is 7.12. The zero-order valence-electron chi connectivity index (χ0n) is 11.3. The molecule has 0 bridgehead atoms. The molecule has 6 heteroatoms. The van der Waals surface area contributed by atoms with Crippen LogP contribution in [0.3, 0.4) is 0 Å². The van der Waals surface area contributed by atoms with Gasteiger partial charge in [0.25, 0.3) is 5.91 Å². The van der Waals surface area contributed by atoms with Crippen LogP contribution in [0.15, 0.2) is 36.8 Å². The van der Waals surface area contributed by atoms with E-state index < -0.39 is 0 Å². The van der Waals surface area contributed by atoms with Gasteiger partial charge in [-0.05, 0) is 30.9 Å². The lowest BCUT2D eigenvalue weighted by Gasteiger charge is -2.11. The largest absolute Gasteiger partial charge is 0.491 e. The number of pyridine rings is 2. The van der Waals surface area contributed by atoms with E-state index in [0.717, 1.165) is 0 Å². The van der Waals surface area contributed by atoms with E-state index in [1.165, 1.54) is 25.1 Å². The predicted molar refractivity (Wildman–Crippen MR) is 79.7 cm³/mol. The summed E-state index contributed by atoms with van der Waals surface area (Å²) >= 11 is 5.79. The molecule has 0 radical (unpaired) electrons. The molecule has 21 heavy (non-hydrogen) atoms. The van der Waals surface area contributed by atoms with Crippen LogP contribution in [0.5, 0.6) is 5.75 Å². The van der Waals surface area contributed by atoms with Gasteiger partial charge in [0.15, 0.2) is 0 Å². The third kappa shape index (κ3) is 3.70. The Balaban J connectivity index is 1.72. The van der Waals surface area contributed by atoms with Crippen molar-refractivity contribution in [3.63, 3.8) is 0 Å². The second-order valence-electron chi connectivity index (χ2n) is 4.95. The molecule has 2 aromatic rings. The van der Waals surface area contributed by atoms with Crippen molar-refractivity contribution in [1.29, 1.82) is 0 Å². The quantitative estimate of drug-likeness (QED) is 0.862. The van der Waals surface area contributed by atoms with Gasteiger partial charge in [-0.3, -0.25) is 9.78 Å². The summed E-state index contributed by atoms with van der Waals surface area (Å²) < 4.78 is 5.73. The minimum absolute atomic E-state index is 0.274. The van der Waals surface area contributed by atoms with Crippen molar-refractivity contribution >= 4 is 23.2 Å². The van der Waals surface area contributed by atoms with Gasteiger partial charge in [0.05, 0.1) is 12.8 Å². The number of halogens is 1. The maximum absolute atomic E-state index is 12.2. The third-order valence-corrected chi connectivity index (χ3v) is 3.40. The number of rotatable bonds is 5. The Morgan fingerprint density at radius 3 is 3.00 bits per heavy atom. The molecule has 0 atom stereocenters. The van der Waals surface area contributed by atoms with Crippen LogP contribution in [0.2, 0.25) is 5.15 Å². The van der Waals surface area contributed by atoms with Gasteiger partial charge >= 0.3 is 0 Å². The van der Waals surface area contributed by atoms with Crippen LogP contribution in [0.25, 0.3) is 0 Å². The molecule has 0 saturated heterocycles. The zero-order valence-corrected chi connectivity index (χ0v) is 12.0. The maximum atomic E-state index is 12.2. The molecule has 0 spiro atoms. The van der Waals surface area contributed by atoms with Crippen LogP contribution in [-0.4, -0.2) is 22.5 Å². The van der Waals surface area contributed by atoms with Gasteiger partial charge in [-0.2, -0.15) is 0 Å². The van der Waals surface area contributed by atoms with E-state index in [9.17, 15) is 4.79 Å². The van der Waals surface area contributed by atoms with Crippen LogP contribution in [0.1, 0.15) is 23.2 Å². The SMILES string of the molecule is O=C(Nc1cnccc1OCC1CC1)c1ccnc(Cl)c1. The van der Waals surface area contributed by atoms with Gasteiger partial charge in [0, 0.05) is 24.0 Å². The van der Waals surface area contributed by atoms with Crippen molar-refractivity contribution in [1.82, 2.24) is 9.97 Å². The van der Waals surface area contributed by atoms with E-state index in [1.54, 1.807) is 24.5 Å². The standard InChI is InChI=1S/C15H14ClN3O2/c16-14-7-11(3-6-18-14)15(20)19-12-8-17-5-4-13(12)21-9-10-1-2-10/h3-8,10H,1-2,9H2,(H,19,20). The second kappa shape index (κ2) is 6.10. The van der Waals surface area contributed by atoms with E-state index in [2.05, 4.69) is 15.3 Å². The molecule has 108 valence electrons.